The largest absolute Gasteiger partial charge is 0.383 e. The Morgan fingerprint density at radius 3 is 2.35 bits per heavy atom. The lowest BCUT2D eigenvalue weighted by atomic mass is 10.0. The summed E-state index contributed by atoms with van der Waals surface area (Å²) >= 11 is 0. The van der Waals surface area contributed by atoms with Gasteiger partial charge in [0.05, 0.1) is 12.6 Å². The van der Waals surface area contributed by atoms with Crippen LogP contribution in [0, 0.1) is 0 Å². The maximum Gasteiger partial charge on any atom is 0.242 e. The summed E-state index contributed by atoms with van der Waals surface area (Å²) in [4.78, 5) is 14.2. The molecule has 2 atom stereocenters. The summed E-state index contributed by atoms with van der Waals surface area (Å²) < 4.78 is 4.97. The number of rotatable bonds is 7. The van der Waals surface area contributed by atoms with Gasteiger partial charge in [-0.05, 0) is 18.9 Å². The Morgan fingerprint density at radius 2 is 1.90 bits per heavy atom. The normalized spacial score (nSPS) is 13.2. The molecule has 0 spiro atoms. The van der Waals surface area contributed by atoms with Crippen LogP contribution in [-0.2, 0) is 9.53 Å². The topological polar surface area (TPSA) is 55.6 Å². The van der Waals surface area contributed by atoms with Crippen LogP contribution in [0.4, 0.5) is 0 Å². The Hall–Kier alpha value is -1.10. The highest BCUT2D eigenvalue weighted by molar-refractivity contribution is 5.85. The third-order valence-electron chi connectivity index (χ3n) is 3.23. The van der Waals surface area contributed by atoms with Gasteiger partial charge in [-0.25, -0.2) is 0 Å². The maximum atomic E-state index is 12.4. The van der Waals surface area contributed by atoms with Gasteiger partial charge in [0, 0.05) is 13.7 Å². The Kier molecular flexibility index (Phi) is 9.21. The highest BCUT2D eigenvalue weighted by Crippen LogP contribution is 2.24. The van der Waals surface area contributed by atoms with Crippen LogP contribution >= 0.6 is 12.4 Å². The Balaban J connectivity index is 0.00000361. The third kappa shape index (κ3) is 4.78. The summed E-state index contributed by atoms with van der Waals surface area (Å²) in [5, 5.41) is 0. The number of ether oxygens (including phenoxy) is 1. The van der Waals surface area contributed by atoms with E-state index in [2.05, 4.69) is 6.92 Å². The number of benzene rings is 1. The van der Waals surface area contributed by atoms with Crippen molar-refractivity contribution >= 4 is 18.3 Å². The molecule has 0 bridgehead atoms. The van der Waals surface area contributed by atoms with Gasteiger partial charge < -0.3 is 15.4 Å². The molecule has 0 heterocycles. The summed E-state index contributed by atoms with van der Waals surface area (Å²) in [6, 6.07) is 9.53. The molecule has 0 saturated carbocycles. The molecule has 1 aromatic carbocycles. The van der Waals surface area contributed by atoms with Crippen molar-refractivity contribution in [2.45, 2.75) is 32.4 Å². The zero-order chi connectivity index (χ0) is 14.3. The van der Waals surface area contributed by atoms with Gasteiger partial charge in [0.1, 0.15) is 6.04 Å². The third-order valence-corrected chi connectivity index (χ3v) is 3.23. The smallest absolute Gasteiger partial charge is 0.242 e. The molecule has 2 unspecified atom stereocenters. The molecule has 4 nitrogen and oxygen atoms in total. The standard InChI is InChI=1S/C15H24N2O2.ClH/c1-4-14(12-9-7-6-8-10-12)17(5-2)15(18)13(16)11-19-3;/h6-10,13-14H,4-5,11,16H2,1-3H3;1H. The second kappa shape index (κ2) is 9.75. The van der Waals surface area contributed by atoms with Gasteiger partial charge in [-0.15, -0.1) is 12.4 Å². The van der Waals surface area contributed by atoms with Gasteiger partial charge in [-0.1, -0.05) is 37.3 Å². The van der Waals surface area contributed by atoms with Crippen molar-refractivity contribution in [3.63, 3.8) is 0 Å². The van der Waals surface area contributed by atoms with Crippen LogP contribution in [0.3, 0.4) is 0 Å². The molecule has 20 heavy (non-hydrogen) atoms. The lowest BCUT2D eigenvalue weighted by Gasteiger charge is -2.32. The van der Waals surface area contributed by atoms with Crippen LogP contribution in [0.1, 0.15) is 31.9 Å². The first-order chi connectivity index (χ1) is 9.15. The van der Waals surface area contributed by atoms with E-state index in [-0.39, 0.29) is 31.0 Å². The van der Waals surface area contributed by atoms with E-state index in [0.717, 1.165) is 12.0 Å². The van der Waals surface area contributed by atoms with Crippen LogP contribution in [0.25, 0.3) is 0 Å². The van der Waals surface area contributed by atoms with E-state index in [9.17, 15) is 4.79 Å². The highest BCUT2D eigenvalue weighted by Gasteiger charge is 2.26. The fourth-order valence-electron chi connectivity index (χ4n) is 2.30. The predicted octanol–water partition coefficient (Wildman–Crippen LogP) is 2.38. The van der Waals surface area contributed by atoms with E-state index in [4.69, 9.17) is 10.5 Å². The SMILES string of the molecule is CCC(c1ccccc1)N(CC)C(=O)C(N)COC.Cl. The highest BCUT2D eigenvalue weighted by atomic mass is 35.5. The number of hydrogen-bond acceptors (Lipinski definition) is 3. The Morgan fingerprint density at radius 1 is 1.30 bits per heavy atom. The molecule has 0 aliphatic rings. The molecular formula is C15H25ClN2O2. The average molecular weight is 301 g/mol. The average Bonchev–Trinajstić information content (AvgIpc) is 2.45. The van der Waals surface area contributed by atoms with Crippen LogP contribution in [0.15, 0.2) is 30.3 Å². The van der Waals surface area contributed by atoms with E-state index in [1.807, 2.05) is 42.2 Å². The van der Waals surface area contributed by atoms with E-state index < -0.39 is 6.04 Å². The second-order valence-corrected chi connectivity index (χ2v) is 4.52. The first kappa shape index (κ1) is 18.9. The van der Waals surface area contributed by atoms with E-state index in [1.54, 1.807) is 7.11 Å². The molecule has 114 valence electrons. The monoisotopic (exact) mass is 300 g/mol. The van der Waals surface area contributed by atoms with Crippen molar-refractivity contribution in [2.24, 2.45) is 5.73 Å². The van der Waals surface area contributed by atoms with Gasteiger partial charge >= 0.3 is 0 Å². The van der Waals surface area contributed by atoms with Gasteiger partial charge in [0.2, 0.25) is 5.91 Å². The number of likely N-dealkylation sites (N-methyl/N-ethyl adjacent to an activating group) is 1. The molecule has 0 fully saturated rings. The number of carbonyl (C=O) groups excluding carboxylic acids is 1. The summed E-state index contributed by atoms with van der Waals surface area (Å²) in [6.45, 7) is 4.95. The van der Waals surface area contributed by atoms with Gasteiger partial charge in [-0.2, -0.15) is 0 Å². The number of hydrogen-bond donors (Lipinski definition) is 1. The molecule has 5 heteroatoms. The summed E-state index contributed by atoms with van der Waals surface area (Å²) in [7, 11) is 1.55. The van der Waals surface area contributed by atoms with Crippen LogP contribution in [0.5, 0.6) is 0 Å². The number of halogens is 1. The molecule has 0 saturated heterocycles. The first-order valence-electron chi connectivity index (χ1n) is 6.75. The van der Waals surface area contributed by atoms with Crippen molar-refractivity contribution in [3.05, 3.63) is 35.9 Å². The minimum Gasteiger partial charge on any atom is -0.383 e. The van der Waals surface area contributed by atoms with E-state index in [1.165, 1.54) is 0 Å². The Labute approximate surface area is 127 Å². The van der Waals surface area contributed by atoms with Crippen molar-refractivity contribution in [3.8, 4) is 0 Å². The number of amides is 1. The number of methoxy groups -OCH3 is 1. The zero-order valence-corrected chi connectivity index (χ0v) is 13.2. The molecular weight excluding hydrogens is 276 g/mol. The molecule has 1 aromatic rings. The quantitative estimate of drug-likeness (QED) is 0.841. The van der Waals surface area contributed by atoms with Gasteiger partial charge in [-0.3, -0.25) is 4.79 Å². The van der Waals surface area contributed by atoms with Crippen molar-refractivity contribution in [1.29, 1.82) is 0 Å². The number of nitrogens with two attached hydrogens (primary N) is 1. The molecule has 0 radical (unpaired) electrons. The fourth-order valence-corrected chi connectivity index (χ4v) is 2.30. The van der Waals surface area contributed by atoms with Gasteiger partial charge in [0.25, 0.3) is 0 Å². The molecule has 1 rings (SSSR count). The molecule has 1 amide bonds. The maximum absolute atomic E-state index is 12.4. The first-order valence-corrected chi connectivity index (χ1v) is 6.75. The van der Waals surface area contributed by atoms with Crippen molar-refractivity contribution in [1.82, 2.24) is 4.90 Å². The predicted molar refractivity (Wildman–Crippen MR) is 84.0 cm³/mol. The molecule has 2 N–H and O–H groups in total. The summed E-state index contributed by atoms with van der Waals surface area (Å²) in [5.74, 6) is -0.0555. The van der Waals surface area contributed by atoms with Crippen LogP contribution < -0.4 is 5.73 Å². The fraction of sp³-hybridized carbons (Fsp3) is 0.533. The lowest BCUT2D eigenvalue weighted by molar-refractivity contribution is -0.136. The molecule has 0 aliphatic carbocycles. The molecule has 0 aliphatic heterocycles. The van der Waals surface area contributed by atoms with Crippen molar-refractivity contribution in [2.75, 3.05) is 20.3 Å². The second-order valence-electron chi connectivity index (χ2n) is 4.52. The lowest BCUT2D eigenvalue weighted by Crippen LogP contribution is -2.47. The summed E-state index contributed by atoms with van der Waals surface area (Å²) in [6.07, 6.45) is 0.864. The van der Waals surface area contributed by atoms with E-state index in [0.29, 0.717) is 6.54 Å². The number of carbonyl (C=O) groups is 1. The Bertz CT molecular complexity index is 387. The van der Waals surface area contributed by atoms with Gasteiger partial charge in [0.15, 0.2) is 0 Å². The molecule has 0 aromatic heterocycles. The van der Waals surface area contributed by atoms with Crippen molar-refractivity contribution < 1.29 is 9.53 Å². The minimum absolute atomic E-state index is 0. The van der Waals surface area contributed by atoms with E-state index >= 15 is 0 Å². The summed E-state index contributed by atoms with van der Waals surface area (Å²) in [5.41, 5.74) is 7.00. The minimum atomic E-state index is -0.595. The van der Waals surface area contributed by atoms with Crippen LogP contribution in [-0.4, -0.2) is 37.1 Å². The number of nitrogens with zero attached hydrogens (tertiary/aromatic N) is 1. The zero-order valence-electron chi connectivity index (χ0n) is 12.4. The van der Waals surface area contributed by atoms with Crippen LogP contribution in [0.2, 0.25) is 0 Å².